The van der Waals surface area contributed by atoms with Gasteiger partial charge in [0, 0.05) is 30.9 Å². The molecule has 1 saturated heterocycles. The highest BCUT2D eigenvalue weighted by Gasteiger charge is 2.27. The summed E-state index contributed by atoms with van der Waals surface area (Å²) in [6.45, 7) is 8.80. The first-order valence-electron chi connectivity index (χ1n) is 7.68. The molecule has 2 heterocycles. The number of hydrogen-bond donors (Lipinski definition) is 0. The van der Waals surface area contributed by atoms with E-state index in [0.29, 0.717) is 18.9 Å². The van der Waals surface area contributed by atoms with Gasteiger partial charge in [0.25, 0.3) is 0 Å². The van der Waals surface area contributed by atoms with Crippen molar-refractivity contribution in [3.05, 3.63) is 11.1 Å². The summed E-state index contributed by atoms with van der Waals surface area (Å²) < 4.78 is 4.66. The maximum absolute atomic E-state index is 11.2. The molecular formula is C15H25N3O2S. The average molecular weight is 311 g/mol. The molecule has 0 bridgehead atoms. The quantitative estimate of drug-likeness (QED) is 0.722. The van der Waals surface area contributed by atoms with Crippen LogP contribution in [0.15, 0.2) is 5.38 Å². The molecule has 0 amide bonds. The lowest BCUT2D eigenvalue weighted by atomic mass is 10.2. The molecule has 1 aromatic heterocycles. The topological polar surface area (TPSA) is 45.7 Å². The van der Waals surface area contributed by atoms with Crippen LogP contribution in [0.1, 0.15) is 32.4 Å². The third kappa shape index (κ3) is 4.17. The van der Waals surface area contributed by atoms with Crippen molar-refractivity contribution < 1.29 is 9.53 Å². The molecule has 0 N–H and O–H groups in total. The zero-order chi connectivity index (χ0) is 15.2. The number of aromatic nitrogens is 1. The first-order valence-corrected chi connectivity index (χ1v) is 8.56. The molecule has 2 rings (SSSR count). The van der Waals surface area contributed by atoms with E-state index in [-0.39, 0.29) is 5.97 Å². The number of hydrogen-bond acceptors (Lipinski definition) is 6. The van der Waals surface area contributed by atoms with Gasteiger partial charge in [-0.15, -0.1) is 11.3 Å². The Morgan fingerprint density at radius 3 is 2.95 bits per heavy atom. The van der Waals surface area contributed by atoms with Crippen molar-refractivity contribution in [3.63, 3.8) is 0 Å². The second-order valence-electron chi connectivity index (χ2n) is 5.31. The number of carbonyl (C=O) groups is 1. The van der Waals surface area contributed by atoms with E-state index < -0.39 is 0 Å². The summed E-state index contributed by atoms with van der Waals surface area (Å²) >= 11 is 1.68. The van der Waals surface area contributed by atoms with Crippen LogP contribution >= 0.6 is 11.3 Å². The van der Waals surface area contributed by atoms with Crippen molar-refractivity contribution in [2.24, 2.45) is 0 Å². The zero-order valence-corrected chi connectivity index (χ0v) is 14.0. The largest absolute Gasteiger partial charge is 0.469 e. The number of rotatable bonds is 7. The Hall–Kier alpha value is -1.14. The third-order valence-electron chi connectivity index (χ3n) is 4.12. The van der Waals surface area contributed by atoms with Crippen LogP contribution in [0.4, 0.5) is 5.13 Å². The number of carbonyl (C=O) groups excluding carboxylic acids is 1. The number of likely N-dealkylation sites (N-methyl/N-ethyl adjacent to an activating group) is 1. The van der Waals surface area contributed by atoms with Gasteiger partial charge >= 0.3 is 5.97 Å². The van der Waals surface area contributed by atoms with Crippen molar-refractivity contribution in [2.75, 3.05) is 38.2 Å². The molecule has 6 heteroatoms. The first-order chi connectivity index (χ1) is 10.2. The predicted molar refractivity (Wildman–Crippen MR) is 86.0 cm³/mol. The van der Waals surface area contributed by atoms with Gasteiger partial charge in [-0.1, -0.05) is 13.8 Å². The Morgan fingerprint density at radius 1 is 1.52 bits per heavy atom. The lowest BCUT2D eigenvalue weighted by Gasteiger charge is -2.25. The van der Waals surface area contributed by atoms with Crippen LogP contribution in [0.5, 0.6) is 0 Å². The van der Waals surface area contributed by atoms with Crippen LogP contribution < -0.4 is 4.90 Å². The van der Waals surface area contributed by atoms with Crippen molar-refractivity contribution in [1.82, 2.24) is 9.88 Å². The van der Waals surface area contributed by atoms with Gasteiger partial charge in [-0.3, -0.25) is 9.69 Å². The summed E-state index contributed by atoms with van der Waals surface area (Å²) in [5.41, 5.74) is 0.992. The summed E-state index contributed by atoms with van der Waals surface area (Å²) in [5.74, 6) is -0.174. The Labute approximate surface area is 130 Å². The van der Waals surface area contributed by atoms with Gasteiger partial charge in [0.05, 0.1) is 19.2 Å². The van der Waals surface area contributed by atoms with Crippen molar-refractivity contribution in [1.29, 1.82) is 0 Å². The zero-order valence-electron chi connectivity index (χ0n) is 13.2. The molecular weight excluding hydrogens is 286 g/mol. The monoisotopic (exact) mass is 311 g/mol. The lowest BCUT2D eigenvalue weighted by Crippen LogP contribution is -2.37. The smallest absolute Gasteiger partial charge is 0.305 e. The SMILES string of the molecule is CCN(CC)C1CCN(c2nc(CCC(=O)OC)cs2)C1. The lowest BCUT2D eigenvalue weighted by molar-refractivity contribution is -0.140. The van der Waals surface area contributed by atoms with Gasteiger partial charge < -0.3 is 9.64 Å². The molecule has 21 heavy (non-hydrogen) atoms. The molecule has 1 aliphatic rings. The summed E-state index contributed by atoms with van der Waals surface area (Å²) in [4.78, 5) is 20.7. The van der Waals surface area contributed by atoms with Crippen LogP contribution in [-0.2, 0) is 16.0 Å². The Bertz CT molecular complexity index is 460. The predicted octanol–water partition coefficient (Wildman–Crippen LogP) is 2.17. The minimum Gasteiger partial charge on any atom is -0.469 e. The molecule has 118 valence electrons. The number of anilines is 1. The van der Waals surface area contributed by atoms with E-state index in [0.717, 1.165) is 37.0 Å². The summed E-state index contributed by atoms with van der Waals surface area (Å²) in [6, 6.07) is 0.641. The van der Waals surface area contributed by atoms with E-state index in [1.165, 1.54) is 13.5 Å². The molecule has 0 saturated carbocycles. The van der Waals surface area contributed by atoms with Crippen LogP contribution in [0.3, 0.4) is 0 Å². The standard InChI is InChI=1S/C15H25N3O2S/c1-4-17(5-2)13-8-9-18(10-13)15-16-12(11-21-15)6-7-14(19)20-3/h11,13H,4-10H2,1-3H3. The van der Waals surface area contributed by atoms with Gasteiger partial charge in [0.2, 0.25) is 0 Å². The van der Waals surface area contributed by atoms with E-state index >= 15 is 0 Å². The highest BCUT2D eigenvalue weighted by Crippen LogP contribution is 2.26. The summed E-state index contributed by atoms with van der Waals surface area (Å²) in [6.07, 6.45) is 2.27. The van der Waals surface area contributed by atoms with E-state index in [1.807, 2.05) is 0 Å². The third-order valence-corrected chi connectivity index (χ3v) is 5.07. The van der Waals surface area contributed by atoms with E-state index in [9.17, 15) is 4.79 Å². The average Bonchev–Trinajstić information content (AvgIpc) is 3.15. The van der Waals surface area contributed by atoms with Gasteiger partial charge in [-0.2, -0.15) is 0 Å². The summed E-state index contributed by atoms with van der Waals surface area (Å²) in [7, 11) is 1.42. The Balaban J connectivity index is 1.89. The van der Waals surface area contributed by atoms with Gasteiger partial charge in [0.1, 0.15) is 0 Å². The Morgan fingerprint density at radius 2 is 2.29 bits per heavy atom. The molecule has 1 aromatic rings. The first kappa shape index (κ1) is 16.2. The second kappa shape index (κ2) is 7.75. The molecule has 0 aliphatic carbocycles. The second-order valence-corrected chi connectivity index (χ2v) is 6.14. The van der Waals surface area contributed by atoms with Crippen molar-refractivity contribution in [3.8, 4) is 0 Å². The van der Waals surface area contributed by atoms with Crippen molar-refractivity contribution in [2.45, 2.75) is 39.2 Å². The normalized spacial score (nSPS) is 18.5. The fourth-order valence-corrected chi connectivity index (χ4v) is 3.74. The Kier molecular flexibility index (Phi) is 5.99. The maximum atomic E-state index is 11.2. The number of ether oxygens (including phenoxy) is 1. The molecule has 0 spiro atoms. The molecule has 0 aromatic carbocycles. The van der Waals surface area contributed by atoms with Gasteiger partial charge in [-0.05, 0) is 19.5 Å². The molecule has 1 aliphatic heterocycles. The van der Waals surface area contributed by atoms with Crippen molar-refractivity contribution >= 4 is 22.4 Å². The molecule has 0 radical (unpaired) electrons. The van der Waals surface area contributed by atoms with Gasteiger partial charge in [0.15, 0.2) is 5.13 Å². The fourth-order valence-electron chi connectivity index (χ4n) is 2.84. The number of aryl methyl sites for hydroxylation is 1. The molecule has 5 nitrogen and oxygen atoms in total. The number of methoxy groups -OCH3 is 1. The van der Waals surface area contributed by atoms with Crippen LogP contribution in [0.25, 0.3) is 0 Å². The summed E-state index contributed by atoms with van der Waals surface area (Å²) in [5, 5.41) is 3.15. The maximum Gasteiger partial charge on any atom is 0.305 e. The molecule has 1 atom stereocenters. The van der Waals surface area contributed by atoms with E-state index in [2.05, 4.69) is 38.7 Å². The molecule has 1 fully saturated rings. The van der Waals surface area contributed by atoms with Crippen LogP contribution in [0.2, 0.25) is 0 Å². The minimum absolute atomic E-state index is 0.174. The van der Waals surface area contributed by atoms with Gasteiger partial charge in [-0.25, -0.2) is 4.98 Å². The van der Waals surface area contributed by atoms with E-state index in [1.54, 1.807) is 11.3 Å². The van der Waals surface area contributed by atoms with Crippen LogP contribution in [-0.4, -0.2) is 55.2 Å². The number of esters is 1. The minimum atomic E-state index is -0.174. The van der Waals surface area contributed by atoms with Crippen LogP contribution in [0, 0.1) is 0 Å². The number of thiazole rings is 1. The number of nitrogens with zero attached hydrogens (tertiary/aromatic N) is 3. The van der Waals surface area contributed by atoms with E-state index in [4.69, 9.17) is 0 Å². The highest BCUT2D eigenvalue weighted by atomic mass is 32.1. The fraction of sp³-hybridized carbons (Fsp3) is 0.733. The highest BCUT2D eigenvalue weighted by molar-refractivity contribution is 7.13. The molecule has 1 unspecified atom stereocenters.